The van der Waals surface area contributed by atoms with E-state index in [1.165, 1.54) is 40.9 Å². The Bertz CT molecular complexity index is 2060. The summed E-state index contributed by atoms with van der Waals surface area (Å²) in [5.41, 5.74) is 9.16. The molecular weight excluding hydrogens is 679 g/mol. The SMILES string of the molecule is Cn1nccc1[C@@H]1CCc2cc(O)ccc2[C@@H]1c1ccc(N2CCC(CN3CCN(c4ccc5c(c4)CN([C@H]4CCC(=O)NC4=O)C5=O)CC3)CC2)cc1. The van der Waals surface area contributed by atoms with E-state index >= 15 is 0 Å². The summed E-state index contributed by atoms with van der Waals surface area (Å²) in [6.07, 6.45) is 6.88. The summed E-state index contributed by atoms with van der Waals surface area (Å²) in [6, 6.07) is 22.8. The van der Waals surface area contributed by atoms with Crippen LogP contribution in [0.4, 0.5) is 11.4 Å². The minimum Gasteiger partial charge on any atom is -0.508 e. The van der Waals surface area contributed by atoms with Crippen molar-refractivity contribution in [1.29, 1.82) is 0 Å². The molecule has 0 spiro atoms. The van der Waals surface area contributed by atoms with Crippen LogP contribution in [0.3, 0.4) is 0 Å². The smallest absolute Gasteiger partial charge is 0.255 e. The van der Waals surface area contributed by atoms with Crippen LogP contribution in [0.15, 0.2) is 72.9 Å². The lowest BCUT2D eigenvalue weighted by Gasteiger charge is -2.40. The molecule has 54 heavy (non-hydrogen) atoms. The number of aromatic nitrogens is 2. The van der Waals surface area contributed by atoms with E-state index in [4.69, 9.17) is 0 Å². The van der Waals surface area contributed by atoms with E-state index in [2.05, 4.69) is 67.6 Å². The van der Waals surface area contributed by atoms with E-state index in [1.807, 2.05) is 42.2 Å². The van der Waals surface area contributed by atoms with Crippen molar-refractivity contribution in [1.82, 2.24) is 24.9 Å². The van der Waals surface area contributed by atoms with Crippen molar-refractivity contribution in [3.63, 3.8) is 0 Å². The van der Waals surface area contributed by atoms with Crippen LogP contribution < -0.4 is 15.1 Å². The predicted molar refractivity (Wildman–Crippen MR) is 207 cm³/mol. The van der Waals surface area contributed by atoms with Crippen molar-refractivity contribution in [2.45, 2.75) is 62.9 Å². The molecule has 2 N–H and O–H groups in total. The number of fused-ring (bicyclic) bond motifs is 2. The number of amides is 3. The monoisotopic (exact) mass is 727 g/mol. The number of phenolic OH excluding ortho intramolecular Hbond substituents is 1. The Morgan fingerprint density at radius 3 is 2.28 bits per heavy atom. The van der Waals surface area contributed by atoms with Crippen LogP contribution in [0, 0.1) is 5.92 Å². The molecule has 11 heteroatoms. The zero-order valence-electron chi connectivity index (χ0n) is 31.0. The summed E-state index contributed by atoms with van der Waals surface area (Å²) < 4.78 is 2.01. The average Bonchev–Trinajstić information content (AvgIpc) is 3.76. The molecule has 5 heterocycles. The molecule has 0 bridgehead atoms. The molecule has 3 fully saturated rings. The highest BCUT2D eigenvalue weighted by Crippen LogP contribution is 2.47. The summed E-state index contributed by atoms with van der Waals surface area (Å²) in [7, 11) is 2.04. The molecule has 3 atom stereocenters. The minimum absolute atomic E-state index is 0.123. The Kier molecular flexibility index (Phi) is 9.13. The highest BCUT2D eigenvalue weighted by atomic mass is 16.3. The lowest BCUT2D eigenvalue weighted by atomic mass is 9.70. The van der Waals surface area contributed by atoms with E-state index in [9.17, 15) is 19.5 Å². The Balaban J connectivity index is 0.781. The number of aryl methyl sites for hydroxylation is 2. The number of anilines is 2. The van der Waals surface area contributed by atoms with Gasteiger partial charge in [-0.3, -0.25) is 29.3 Å². The fraction of sp³-hybridized carbons (Fsp3) is 0.442. The van der Waals surface area contributed by atoms with Crippen LogP contribution in [0.2, 0.25) is 0 Å². The molecule has 0 unspecified atom stereocenters. The van der Waals surface area contributed by atoms with E-state index in [0.29, 0.717) is 36.1 Å². The summed E-state index contributed by atoms with van der Waals surface area (Å²) in [5, 5.41) is 17.1. The lowest BCUT2D eigenvalue weighted by molar-refractivity contribution is -0.136. The van der Waals surface area contributed by atoms with Gasteiger partial charge in [-0.05, 0) is 109 Å². The van der Waals surface area contributed by atoms with Gasteiger partial charge in [0.15, 0.2) is 0 Å². The molecule has 11 nitrogen and oxygen atoms in total. The summed E-state index contributed by atoms with van der Waals surface area (Å²) in [6.45, 7) is 7.60. The normalized spacial score (nSPS) is 23.8. The van der Waals surface area contributed by atoms with Crippen molar-refractivity contribution < 1.29 is 19.5 Å². The predicted octanol–water partition coefficient (Wildman–Crippen LogP) is 4.79. The molecule has 4 aliphatic heterocycles. The van der Waals surface area contributed by atoms with Crippen LogP contribution in [-0.2, 0) is 29.6 Å². The van der Waals surface area contributed by atoms with Gasteiger partial charge in [-0.2, -0.15) is 5.10 Å². The van der Waals surface area contributed by atoms with E-state index in [0.717, 1.165) is 69.9 Å². The number of phenols is 1. The number of aromatic hydroxyl groups is 1. The first kappa shape index (κ1) is 34.6. The summed E-state index contributed by atoms with van der Waals surface area (Å²) in [4.78, 5) is 46.4. The van der Waals surface area contributed by atoms with Gasteiger partial charge in [-0.15, -0.1) is 0 Å². The van der Waals surface area contributed by atoms with Gasteiger partial charge in [-0.25, -0.2) is 0 Å². The third kappa shape index (κ3) is 6.52. The van der Waals surface area contributed by atoms with Gasteiger partial charge >= 0.3 is 0 Å². The van der Waals surface area contributed by atoms with Gasteiger partial charge in [0, 0.05) is 106 Å². The number of carbonyl (C=O) groups excluding carboxylic acids is 3. The maximum Gasteiger partial charge on any atom is 0.255 e. The van der Waals surface area contributed by atoms with E-state index < -0.39 is 6.04 Å². The zero-order valence-corrected chi connectivity index (χ0v) is 31.0. The number of nitrogens with one attached hydrogen (secondary N) is 1. The average molecular weight is 728 g/mol. The number of nitrogens with zero attached hydrogens (tertiary/aromatic N) is 6. The summed E-state index contributed by atoms with van der Waals surface area (Å²) in [5.74, 6) is 0.805. The standard InChI is InChI=1S/C43H49N7O4/c1-46-38(14-17-44-46)37-9-4-30-25-34(51)8-11-35(30)41(37)29-2-5-32(6-3-29)48-18-15-28(16-19-48)26-47-20-22-49(23-21-47)33-7-10-36-31(24-33)27-50(43(36)54)39-12-13-40(52)45-42(39)53/h2-3,5-8,10-11,14,17,24-25,28,37,39,41,51H,4,9,12-13,15-16,18-23,26-27H2,1H3,(H,45,52,53)/t37-,39-,41-/m0/s1. The van der Waals surface area contributed by atoms with E-state index in [1.54, 1.807) is 4.90 Å². The number of carbonyl (C=O) groups is 3. The second-order valence-electron chi connectivity index (χ2n) is 15.9. The fourth-order valence-corrected chi connectivity index (χ4v) is 9.86. The number of piperidine rings is 2. The van der Waals surface area contributed by atoms with Gasteiger partial charge in [0.2, 0.25) is 11.8 Å². The number of hydrogen-bond donors (Lipinski definition) is 2. The topological polar surface area (TPSA) is 114 Å². The van der Waals surface area contributed by atoms with Crippen LogP contribution in [0.5, 0.6) is 5.75 Å². The van der Waals surface area contributed by atoms with Gasteiger partial charge in [0.1, 0.15) is 11.8 Å². The quantitative estimate of drug-likeness (QED) is 0.262. The Morgan fingerprint density at radius 1 is 0.778 bits per heavy atom. The second kappa shape index (κ2) is 14.2. The number of benzene rings is 3. The highest BCUT2D eigenvalue weighted by Gasteiger charge is 2.39. The first-order valence-corrected chi connectivity index (χ1v) is 19.7. The van der Waals surface area contributed by atoms with Gasteiger partial charge in [-0.1, -0.05) is 18.2 Å². The first-order valence-electron chi connectivity index (χ1n) is 19.7. The van der Waals surface area contributed by atoms with Crippen molar-refractivity contribution in [3.8, 4) is 5.75 Å². The molecule has 4 aromatic rings. The first-order chi connectivity index (χ1) is 26.3. The minimum atomic E-state index is -0.587. The number of hydrogen-bond acceptors (Lipinski definition) is 8. The van der Waals surface area contributed by atoms with Crippen LogP contribution in [-0.4, -0.2) is 94.3 Å². The van der Waals surface area contributed by atoms with Gasteiger partial charge < -0.3 is 19.8 Å². The van der Waals surface area contributed by atoms with Crippen molar-refractivity contribution in [2.75, 3.05) is 55.6 Å². The Hall–Kier alpha value is -5.16. The van der Waals surface area contributed by atoms with Gasteiger partial charge in [0.25, 0.3) is 5.91 Å². The molecule has 3 aromatic carbocycles. The maximum atomic E-state index is 13.1. The Labute approximate surface area is 316 Å². The third-order valence-electron chi connectivity index (χ3n) is 12.8. The van der Waals surface area contributed by atoms with Crippen molar-refractivity contribution >= 4 is 29.1 Å². The maximum absolute atomic E-state index is 13.1. The number of piperazine rings is 1. The van der Waals surface area contributed by atoms with E-state index in [-0.39, 0.29) is 30.1 Å². The zero-order chi connectivity index (χ0) is 36.9. The molecule has 280 valence electrons. The molecular formula is C43H49N7O4. The van der Waals surface area contributed by atoms with Crippen molar-refractivity contribution in [2.24, 2.45) is 13.0 Å². The lowest BCUT2D eigenvalue weighted by Crippen LogP contribution is -2.52. The molecule has 0 radical (unpaired) electrons. The molecule has 9 rings (SSSR count). The second-order valence-corrected chi connectivity index (χ2v) is 15.9. The Morgan fingerprint density at radius 2 is 1.54 bits per heavy atom. The number of rotatable bonds is 7. The third-order valence-corrected chi connectivity index (χ3v) is 12.8. The molecule has 3 amide bonds. The highest BCUT2D eigenvalue weighted by molar-refractivity contribution is 6.05. The summed E-state index contributed by atoms with van der Waals surface area (Å²) >= 11 is 0. The molecule has 1 aromatic heterocycles. The number of imide groups is 1. The fourth-order valence-electron chi connectivity index (χ4n) is 9.86. The molecule has 3 saturated heterocycles. The van der Waals surface area contributed by atoms with Crippen molar-refractivity contribution in [3.05, 3.63) is 106 Å². The molecule has 0 saturated carbocycles. The van der Waals surface area contributed by atoms with Crippen LogP contribution in [0.25, 0.3) is 0 Å². The van der Waals surface area contributed by atoms with Gasteiger partial charge in [0.05, 0.1) is 0 Å². The molecule has 5 aliphatic rings. The van der Waals surface area contributed by atoms with Crippen LogP contribution >= 0.6 is 0 Å². The largest absolute Gasteiger partial charge is 0.508 e. The molecule has 1 aliphatic carbocycles. The van der Waals surface area contributed by atoms with Crippen LogP contribution in [0.1, 0.15) is 82.2 Å².